The minimum absolute atomic E-state index is 0.138. The monoisotopic (exact) mass is 209 g/mol. The van der Waals surface area contributed by atoms with Crippen LogP contribution in [0.3, 0.4) is 0 Å². The average Bonchev–Trinajstić information content (AvgIpc) is 2.67. The van der Waals surface area contributed by atoms with E-state index in [1.165, 1.54) is 25.7 Å². The molecule has 2 unspecified atom stereocenters. The minimum Gasteiger partial charge on any atom is -0.350 e. The molecule has 0 radical (unpaired) electrons. The molecule has 1 spiro atoms. The van der Waals surface area contributed by atoms with Gasteiger partial charge in [0, 0.05) is 12.0 Å². The third-order valence-electron chi connectivity index (χ3n) is 5.11. The van der Waals surface area contributed by atoms with Crippen molar-refractivity contribution in [1.29, 1.82) is 0 Å². The van der Waals surface area contributed by atoms with Gasteiger partial charge in [0.2, 0.25) is 5.91 Å². The first kappa shape index (κ1) is 11.0. The third kappa shape index (κ3) is 1.41. The van der Waals surface area contributed by atoms with E-state index in [0.29, 0.717) is 5.41 Å². The molecule has 1 saturated heterocycles. The summed E-state index contributed by atoms with van der Waals surface area (Å²) in [6, 6.07) is 0. The van der Waals surface area contributed by atoms with Gasteiger partial charge in [0.25, 0.3) is 0 Å². The number of carbonyl (C=O) groups excluding carboxylic acids is 1. The molecule has 1 aliphatic carbocycles. The lowest BCUT2D eigenvalue weighted by Crippen LogP contribution is -2.52. The molecule has 1 N–H and O–H groups in total. The Balaban J connectivity index is 2.27. The first-order valence-corrected chi connectivity index (χ1v) is 6.35. The second-order valence-electron chi connectivity index (χ2n) is 5.74. The van der Waals surface area contributed by atoms with Crippen LogP contribution in [0, 0.1) is 11.3 Å². The first-order chi connectivity index (χ1) is 7.04. The molecule has 2 nitrogen and oxygen atoms in total. The smallest absolute Gasteiger partial charge is 0.220 e. The second kappa shape index (κ2) is 3.50. The van der Waals surface area contributed by atoms with Crippen molar-refractivity contribution in [3.05, 3.63) is 0 Å². The number of nitrogens with one attached hydrogen (secondary N) is 1. The second-order valence-corrected chi connectivity index (χ2v) is 5.74. The van der Waals surface area contributed by atoms with Gasteiger partial charge in [-0.25, -0.2) is 0 Å². The van der Waals surface area contributed by atoms with E-state index in [1.807, 2.05) is 0 Å². The van der Waals surface area contributed by atoms with Gasteiger partial charge < -0.3 is 5.32 Å². The molecular formula is C13H23NO. The summed E-state index contributed by atoms with van der Waals surface area (Å²) < 4.78 is 0. The lowest BCUT2D eigenvalue weighted by molar-refractivity contribution is -0.120. The van der Waals surface area contributed by atoms with Crippen molar-refractivity contribution in [2.75, 3.05) is 0 Å². The Morgan fingerprint density at radius 2 is 2.20 bits per heavy atom. The maximum atomic E-state index is 11.5. The highest BCUT2D eigenvalue weighted by molar-refractivity contribution is 5.79. The molecule has 1 heterocycles. The normalized spacial score (nSPS) is 45.0. The summed E-state index contributed by atoms with van der Waals surface area (Å²) in [6.07, 6.45) is 6.73. The van der Waals surface area contributed by atoms with Crippen molar-refractivity contribution in [3.63, 3.8) is 0 Å². The molecule has 0 aromatic heterocycles. The summed E-state index contributed by atoms with van der Waals surface area (Å²) in [5.41, 5.74) is 0.466. The molecule has 0 bridgehead atoms. The molecule has 2 fully saturated rings. The van der Waals surface area contributed by atoms with E-state index in [4.69, 9.17) is 0 Å². The molecule has 2 heteroatoms. The molecule has 15 heavy (non-hydrogen) atoms. The number of amides is 1. The van der Waals surface area contributed by atoms with E-state index in [2.05, 4.69) is 26.1 Å². The van der Waals surface area contributed by atoms with Crippen LogP contribution in [-0.4, -0.2) is 11.4 Å². The zero-order valence-corrected chi connectivity index (χ0v) is 10.2. The van der Waals surface area contributed by atoms with Crippen molar-refractivity contribution in [2.24, 2.45) is 11.3 Å². The van der Waals surface area contributed by atoms with Gasteiger partial charge in [-0.2, -0.15) is 0 Å². The third-order valence-corrected chi connectivity index (χ3v) is 5.11. The lowest BCUT2D eigenvalue weighted by atomic mass is 9.66. The molecule has 2 rings (SSSR count). The SMILES string of the molecule is CCCC1(C)C(C)CC[C@@]12CCC(=O)N2. The van der Waals surface area contributed by atoms with Gasteiger partial charge in [0.1, 0.15) is 0 Å². The van der Waals surface area contributed by atoms with Crippen molar-refractivity contribution in [3.8, 4) is 0 Å². The van der Waals surface area contributed by atoms with Gasteiger partial charge in [-0.1, -0.05) is 27.2 Å². The van der Waals surface area contributed by atoms with Gasteiger partial charge in [-0.3, -0.25) is 4.79 Å². The van der Waals surface area contributed by atoms with Crippen LogP contribution in [0.4, 0.5) is 0 Å². The van der Waals surface area contributed by atoms with Crippen LogP contribution in [-0.2, 0) is 4.79 Å². The Morgan fingerprint density at radius 3 is 2.73 bits per heavy atom. The Morgan fingerprint density at radius 1 is 1.47 bits per heavy atom. The maximum Gasteiger partial charge on any atom is 0.220 e. The number of carbonyl (C=O) groups is 1. The summed E-state index contributed by atoms with van der Waals surface area (Å²) in [5.74, 6) is 1.02. The van der Waals surface area contributed by atoms with Crippen LogP contribution >= 0.6 is 0 Å². The Kier molecular flexibility index (Phi) is 2.56. The number of hydrogen-bond acceptors (Lipinski definition) is 1. The molecule has 1 aliphatic heterocycles. The standard InChI is InChI=1S/C13H23NO/c1-4-7-12(3)10(2)5-8-13(12)9-6-11(15)14-13/h10H,4-9H2,1-3H3,(H,14,15)/t10?,12?,13-/m1/s1. The average molecular weight is 209 g/mol. The number of rotatable bonds is 2. The summed E-state index contributed by atoms with van der Waals surface area (Å²) in [7, 11) is 0. The highest BCUT2D eigenvalue weighted by Crippen LogP contribution is 2.56. The lowest BCUT2D eigenvalue weighted by Gasteiger charge is -2.44. The molecule has 0 aromatic rings. The van der Waals surface area contributed by atoms with Crippen molar-refractivity contribution >= 4 is 5.91 Å². The van der Waals surface area contributed by atoms with Crippen LogP contribution < -0.4 is 5.32 Å². The predicted molar refractivity (Wildman–Crippen MR) is 61.5 cm³/mol. The zero-order valence-electron chi connectivity index (χ0n) is 10.2. The summed E-state index contributed by atoms with van der Waals surface area (Å²) in [6.45, 7) is 7.00. The Labute approximate surface area is 92.8 Å². The summed E-state index contributed by atoms with van der Waals surface area (Å²) in [4.78, 5) is 11.5. The molecule has 1 saturated carbocycles. The van der Waals surface area contributed by atoms with Crippen LogP contribution in [0.25, 0.3) is 0 Å². The molecule has 0 aromatic carbocycles. The van der Waals surface area contributed by atoms with Crippen LogP contribution in [0.2, 0.25) is 0 Å². The number of hydrogen-bond donors (Lipinski definition) is 1. The maximum absolute atomic E-state index is 11.5. The van der Waals surface area contributed by atoms with Gasteiger partial charge in [-0.15, -0.1) is 0 Å². The van der Waals surface area contributed by atoms with E-state index < -0.39 is 0 Å². The first-order valence-electron chi connectivity index (χ1n) is 6.35. The fourth-order valence-electron chi connectivity index (χ4n) is 3.88. The molecule has 86 valence electrons. The minimum atomic E-state index is 0.138. The van der Waals surface area contributed by atoms with Gasteiger partial charge in [-0.05, 0) is 37.0 Å². The molecule has 1 amide bonds. The van der Waals surface area contributed by atoms with E-state index >= 15 is 0 Å². The predicted octanol–water partition coefficient (Wildman–Crippen LogP) is 2.87. The van der Waals surface area contributed by atoms with Crippen LogP contribution in [0.5, 0.6) is 0 Å². The largest absolute Gasteiger partial charge is 0.350 e. The summed E-state index contributed by atoms with van der Waals surface area (Å²) in [5, 5.41) is 3.30. The van der Waals surface area contributed by atoms with E-state index in [0.717, 1.165) is 18.8 Å². The van der Waals surface area contributed by atoms with E-state index in [-0.39, 0.29) is 11.4 Å². The van der Waals surface area contributed by atoms with Crippen molar-refractivity contribution in [1.82, 2.24) is 5.32 Å². The van der Waals surface area contributed by atoms with Crippen LogP contribution in [0.1, 0.15) is 59.3 Å². The van der Waals surface area contributed by atoms with E-state index in [9.17, 15) is 4.79 Å². The Hall–Kier alpha value is -0.530. The van der Waals surface area contributed by atoms with Crippen molar-refractivity contribution in [2.45, 2.75) is 64.8 Å². The highest BCUT2D eigenvalue weighted by atomic mass is 16.2. The van der Waals surface area contributed by atoms with E-state index in [1.54, 1.807) is 0 Å². The van der Waals surface area contributed by atoms with Crippen molar-refractivity contribution < 1.29 is 4.79 Å². The van der Waals surface area contributed by atoms with Gasteiger partial charge >= 0.3 is 0 Å². The fourth-order valence-corrected chi connectivity index (χ4v) is 3.88. The summed E-state index contributed by atoms with van der Waals surface area (Å²) >= 11 is 0. The quantitative estimate of drug-likeness (QED) is 0.744. The molecule has 2 aliphatic rings. The fraction of sp³-hybridized carbons (Fsp3) is 0.923. The highest BCUT2D eigenvalue weighted by Gasteiger charge is 2.57. The molecular weight excluding hydrogens is 186 g/mol. The molecule has 3 atom stereocenters. The Bertz CT molecular complexity index is 276. The van der Waals surface area contributed by atoms with Crippen LogP contribution in [0.15, 0.2) is 0 Å². The zero-order chi connectivity index (χ0) is 11.1. The van der Waals surface area contributed by atoms with Gasteiger partial charge in [0.05, 0.1) is 0 Å². The van der Waals surface area contributed by atoms with Gasteiger partial charge in [0.15, 0.2) is 0 Å². The topological polar surface area (TPSA) is 29.1 Å².